The minimum Gasteiger partial charge on any atom is -0.504 e. The number of ether oxygens (including phenoxy) is 3. The van der Waals surface area contributed by atoms with Crippen LogP contribution in [0.1, 0.15) is 26.3 Å². The average Bonchev–Trinajstić information content (AvgIpc) is 2.50. The highest BCUT2D eigenvalue weighted by Gasteiger charge is 2.24. The Morgan fingerprint density at radius 1 is 1.12 bits per heavy atom. The number of benzene rings is 1. The quantitative estimate of drug-likeness (QED) is 0.502. The molecule has 0 amide bonds. The first-order valence-electron chi connectivity index (χ1n) is 7.54. The third kappa shape index (κ3) is 5.96. The topological polar surface area (TPSA) is 128 Å². The van der Waals surface area contributed by atoms with Crippen molar-refractivity contribution in [3.63, 3.8) is 0 Å². The number of aromatic hydroxyl groups is 2. The molecule has 1 aromatic carbocycles. The fraction of sp³-hybridized carbons (Fsp3) is 0.500. The SMILES string of the molecule is CCOC(=O)OC(C)[C@H](C)OC(=O)[C@@H](N)Cc1ccc(O)c(O)c1. The number of phenols is 2. The van der Waals surface area contributed by atoms with Crippen LogP contribution in [0.5, 0.6) is 11.5 Å². The van der Waals surface area contributed by atoms with Crippen LogP contribution in [0.15, 0.2) is 18.2 Å². The molecule has 0 aliphatic heterocycles. The lowest BCUT2D eigenvalue weighted by molar-refractivity contribution is -0.155. The van der Waals surface area contributed by atoms with Gasteiger partial charge in [-0.05, 0) is 44.9 Å². The Morgan fingerprint density at radius 3 is 2.33 bits per heavy atom. The first-order valence-corrected chi connectivity index (χ1v) is 7.54. The van der Waals surface area contributed by atoms with Crippen molar-refractivity contribution < 1.29 is 34.0 Å². The predicted octanol–water partition coefficient (Wildman–Crippen LogP) is 1.46. The average molecular weight is 341 g/mol. The highest BCUT2D eigenvalue weighted by atomic mass is 16.7. The molecule has 0 saturated heterocycles. The van der Waals surface area contributed by atoms with E-state index in [2.05, 4.69) is 4.74 Å². The highest BCUT2D eigenvalue weighted by Crippen LogP contribution is 2.25. The van der Waals surface area contributed by atoms with E-state index in [1.807, 2.05) is 0 Å². The molecule has 0 radical (unpaired) electrons. The number of hydrogen-bond donors (Lipinski definition) is 3. The molecule has 3 atom stereocenters. The van der Waals surface area contributed by atoms with Crippen LogP contribution in [0.25, 0.3) is 0 Å². The molecule has 0 fully saturated rings. The molecule has 24 heavy (non-hydrogen) atoms. The van der Waals surface area contributed by atoms with E-state index in [9.17, 15) is 19.8 Å². The van der Waals surface area contributed by atoms with Gasteiger partial charge in [0.1, 0.15) is 18.2 Å². The summed E-state index contributed by atoms with van der Waals surface area (Å²) in [5, 5.41) is 18.7. The predicted molar refractivity (Wildman–Crippen MR) is 84.6 cm³/mol. The second-order valence-electron chi connectivity index (χ2n) is 5.28. The van der Waals surface area contributed by atoms with Gasteiger partial charge in [-0.15, -0.1) is 0 Å². The first kappa shape index (κ1) is 19.6. The van der Waals surface area contributed by atoms with Gasteiger partial charge in [-0.3, -0.25) is 4.79 Å². The van der Waals surface area contributed by atoms with Crippen LogP contribution in [0.2, 0.25) is 0 Å². The van der Waals surface area contributed by atoms with Crippen molar-refractivity contribution in [1.29, 1.82) is 0 Å². The Balaban J connectivity index is 2.53. The largest absolute Gasteiger partial charge is 0.508 e. The number of nitrogens with two attached hydrogens (primary N) is 1. The molecule has 0 saturated carbocycles. The van der Waals surface area contributed by atoms with Crippen LogP contribution >= 0.6 is 0 Å². The molecule has 8 heteroatoms. The van der Waals surface area contributed by atoms with Crippen LogP contribution in [0, 0.1) is 0 Å². The number of hydrogen-bond acceptors (Lipinski definition) is 8. The molecule has 1 aromatic rings. The van der Waals surface area contributed by atoms with Crippen LogP contribution in [-0.2, 0) is 25.4 Å². The van der Waals surface area contributed by atoms with Crippen LogP contribution in [0.3, 0.4) is 0 Å². The molecule has 1 unspecified atom stereocenters. The molecular weight excluding hydrogens is 318 g/mol. The number of phenolic OH excluding ortho intramolecular Hbond substituents is 2. The summed E-state index contributed by atoms with van der Waals surface area (Å²) in [7, 11) is 0. The van der Waals surface area contributed by atoms with Crippen molar-refractivity contribution in [3.05, 3.63) is 23.8 Å². The molecular formula is C16H23NO7. The summed E-state index contributed by atoms with van der Waals surface area (Å²) >= 11 is 0. The minimum atomic E-state index is -0.966. The van der Waals surface area contributed by atoms with Crippen molar-refractivity contribution in [1.82, 2.24) is 0 Å². The zero-order valence-electron chi connectivity index (χ0n) is 13.9. The maximum absolute atomic E-state index is 12.0. The third-order valence-electron chi connectivity index (χ3n) is 3.31. The van der Waals surface area contributed by atoms with Gasteiger partial charge in [0.05, 0.1) is 6.61 Å². The summed E-state index contributed by atoms with van der Waals surface area (Å²) < 4.78 is 14.8. The number of esters is 1. The van der Waals surface area contributed by atoms with Crippen LogP contribution in [0.4, 0.5) is 4.79 Å². The van der Waals surface area contributed by atoms with E-state index < -0.39 is 30.4 Å². The molecule has 8 nitrogen and oxygen atoms in total. The number of carbonyl (C=O) groups excluding carboxylic acids is 2. The molecule has 0 aliphatic rings. The van der Waals surface area contributed by atoms with Crippen molar-refractivity contribution in [3.8, 4) is 11.5 Å². The van der Waals surface area contributed by atoms with Crippen molar-refractivity contribution >= 4 is 12.1 Å². The van der Waals surface area contributed by atoms with Crippen molar-refractivity contribution in [2.45, 2.75) is 45.4 Å². The van der Waals surface area contributed by atoms with E-state index in [0.717, 1.165) is 0 Å². The lowest BCUT2D eigenvalue weighted by Gasteiger charge is -2.22. The molecule has 0 bridgehead atoms. The lowest BCUT2D eigenvalue weighted by Crippen LogP contribution is -2.39. The van der Waals surface area contributed by atoms with E-state index in [4.69, 9.17) is 15.2 Å². The lowest BCUT2D eigenvalue weighted by atomic mass is 10.1. The van der Waals surface area contributed by atoms with Gasteiger partial charge in [0.25, 0.3) is 0 Å². The van der Waals surface area contributed by atoms with E-state index in [0.29, 0.717) is 5.56 Å². The minimum absolute atomic E-state index is 0.118. The smallest absolute Gasteiger partial charge is 0.504 e. The Morgan fingerprint density at radius 2 is 1.75 bits per heavy atom. The summed E-state index contributed by atoms with van der Waals surface area (Å²) in [6.45, 7) is 4.97. The Kier molecular flexibility index (Phi) is 7.31. The Bertz CT molecular complexity index is 576. The molecule has 0 aromatic heterocycles. The van der Waals surface area contributed by atoms with E-state index in [1.54, 1.807) is 20.8 Å². The normalized spacial score (nSPS) is 14.3. The maximum atomic E-state index is 12.0. The van der Waals surface area contributed by atoms with E-state index in [1.165, 1.54) is 18.2 Å². The van der Waals surface area contributed by atoms with Gasteiger partial charge >= 0.3 is 12.1 Å². The standard InChI is InChI=1S/C16H23NO7/c1-4-22-16(21)24-10(3)9(2)23-15(20)12(17)7-11-5-6-13(18)14(19)8-11/h5-6,8-10,12,18-19H,4,7,17H2,1-3H3/t9-,10?,12-/m0/s1. The molecule has 4 N–H and O–H groups in total. The molecule has 0 aliphatic carbocycles. The maximum Gasteiger partial charge on any atom is 0.508 e. The second kappa shape index (κ2) is 8.97. The fourth-order valence-corrected chi connectivity index (χ4v) is 1.80. The van der Waals surface area contributed by atoms with E-state index in [-0.39, 0.29) is 24.5 Å². The summed E-state index contributed by atoms with van der Waals surface area (Å²) in [5.74, 6) is -1.22. The van der Waals surface area contributed by atoms with Gasteiger partial charge in [0, 0.05) is 0 Å². The van der Waals surface area contributed by atoms with Crippen molar-refractivity contribution in [2.75, 3.05) is 6.61 Å². The molecule has 0 heterocycles. The van der Waals surface area contributed by atoms with Crippen LogP contribution < -0.4 is 5.73 Å². The molecule has 134 valence electrons. The first-order chi connectivity index (χ1) is 11.2. The summed E-state index contributed by atoms with van der Waals surface area (Å²) in [6, 6.07) is 3.20. The number of rotatable bonds is 7. The van der Waals surface area contributed by atoms with E-state index >= 15 is 0 Å². The third-order valence-corrected chi connectivity index (χ3v) is 3.31. The van der Waals surface area contributed by atoms with Crippen molar-refractivity contribution in [2.24, 2.45) is 5.73 Å². The highest BCUT2D eigenvalue weighted by molar-refractivity contribution is 5.76. The number of carbonyl (C=O) groups is 2. The van der Waals surface area contributed by atoms with Crippen LogP contribution in [-0.4, -0.2) is 47.2 Å². The van der Waals surface area contributed by atoms with Gasteiger partial charge in [0.2, 0.25) is 0 Å². The van der Waals surface area contributed by atoms with Gasteiger partial charge in [0.15, 0.2) is 11.5 Å². The fourth-order valence-electron chi connectivity index (χ4n) is 1.80. The summed E-state index contributed by atoms with van der Waals surface area (Å²) in [4.78, 5) is 23.2. The molecule has 0 spiro atoms. The monoisotopic (exact) mass is 341 g/mol. The Hall–Kier alpha value is -2.48. The van der Waals surface area contributed by atoms with Gasteiger partial charge in [-0.1, -0.05) is 6.07 Å². The second-order valence-corrected chi connectivity index (χ2v) is 5.28. The van der Waals surface area contributed by atoms with Gasteiger partial charge in [-0.2, -0.15) is 0 Å². The molecule has 1 rings (SSSR count). The van der Waals surface area contributed by atoms with Gasteiger partial charge < -0.3 is 30.2 Å². The zero-order chi connectivity index (χ0) is 18.3. The Labute approximate surface area is 140 Å². The summed E-state index contributed by atoms with van der Waals surface area (Å²) in [6.07, 6.45) is -2.12. The summed E-state index contributed by atoms with van der Waals surface area (Å²) in [5.41, 5.74) is 6.35. The van der Waals surface area contributed by atoms with Gasteiger partial charge in [-0.25, -0.2) is 4.79 Å². The zero-order valence-corrected chi connectivity index (χ0v) is 13.9.